The largest absolute Gasteiger partial charge is 0.327 e. The Morgan fingerprint density at radius 2 is 1.71 bits per heavy atom. The minimum Gasteiger partial charge on any atom is -0.327 e. The summed E-state index contributed by atoms with van der Waals surface area (Å²) in [5.74, 6) is 2.51. The van der Waals surface area contributed by atoms with Crippen LogP contribution in [0.1, 0.15) is 52.9 Å². The monoisotopic (exact) mass is 238 g/mol. The minimum absolute atomic E-state index is 0.454. The topological polar surface area (TPSA) is 29.3 Å². The summed E-state index contributed by atoms with van der Waals surface area (Å²) < 4.78 is 0. The molecule has 1 saturated heterocycles. The summed E-state index contributed by atoms with van der Waals surface area (Å²) in [4.78, 5) is 2.71. The molecule has 5 atom stereocenters. The zero-order chi connectivity index (χ0) is 12.4. The molecule has 2 rings (SSSR count). The van der Waals surface area contributed by atoms with E-state index >= 15 is 0 Å². The fourth-order valence-electron chi connectivity index (χ4n) is 3.67. The molecule has 0 aromatic rings. The molecular formula is C15H30N2. The lowest BCUT2D eigenvalue weighted by Gasteiger charge is -2.42. The molecular weight excluding hydrogens is 208 g/mol. The number of rotatable bonds is 2. The fraction of sp³-hybridized carbons (Fsp3) is 1.00. The second kappa shape index (κ2) is 5.71. The Labute approximate surface area is 107 Å². The van der Waals surface area contributed by atoms with Crippen LogP contribution in [0.15, 0.2) is 0 Å². The van der Waals surface area contributed by atoms with Gasteiger partial charge in [-0.3, -0.25) is 0 Å². The first-order chi connectivity index (χ1) is 8.06. The predicted molar refractivity (Wildman–Crippen MR) is 73.9 cm³/mol. The van der Waals surface area contributed by atoms with Crippen LogP contribution in [0.3, 0.4) is 0 Å². The van der Waals surface area contributed by atoms with Crippen LogP contribution < -0.4 is 5.73 Å². The van der Waals surface area contributed by atoms with Crippen LogP contribution in [-0.2, 0) is 0 Å². The summed E-state index contributed by atoms with van der Waals surface area (Å²) in [5.41, 5.74) is 6.31. The molecule has 2 fully saturated rings. The van der Waals surface area contributed by atoms with Gasteiger partial charge in [0.1, 0.15) is 0 Å². The van der Waals surface area contributed by atoms with E-state index in [1.54, 1.807) is 0 Å². The van der Waals surface area contributed by atoms with Crippen molar-refractivity contribution in [3.8, 4) is 0 Å². The highest BCUT2D eigenvalue weighted by molar-refractivity contribution is 4.86. The van der Waals surface area contributed by atoms with Crippen LogP contribution in [0, 0.1) is 17.8 Å². The maximum absolute atomic E-state index is 6.31. The van der Waals surface area contributed by atoms with Gasteiger partial charge in [-0.25, -0.2) is 0 Å². The molecule has 2 N–H and O–H groups in total. The molecule has 2 nitrogen and oxygen atoms in total. The summed E-state index contributed by atoms with van der Waals surface area (Å²) in [7, 11) is 0. The molecule has 2 heteroatoms. The first-order valence-corrected chi connectivity index (χ1v) is 7.56. The lowest BCUT2D eigenvalue weighted by molar-refractivity contribution is 0.0820. The summed E-state index contributed by atoms with van der Waals surface area (Å²) in [6.45, 7) is 9.71. The third-order valence-electron chi connectivity index (χ3n) is 5.02. The maximum atomic E-state index is 6.31. The van der Waals surface area contributed by atoms with E-state index < -0.39 is 0 Å². The van der Waals surface area contributed by atoms with Gasteiger partial charge in [0.2, 0.25) is 0 Å². The van der Waals surface area contributed by atoms with Crippen molar-refractivity contribution in [1.82, 2.24) is 4.90 Å². The molecule has 0 aromatic heterocycles. The Kier molecular flexibility index (Phi) is 4.48. The quantitative estimate of drug-likeness (QED) is 0.801. The second-order valence-corrected chi connectivity index (χ2v) is 6.83. The maximum Gasteiger partial charge on any atom is 0.00795 e. The van der Waals surface area contributed by atoms with Crippen molar-refractivity contribution in [3.63, 3.8) is 0 Å². The molecule has 0 bridgehead atoms. The van der Waals surface area contributed by atoms with Crippen molar-refractivity contribution < 1.29 is 0 Å². The van der Waals surface area contributed by atoms with E-state index in [1.807, 2.05) is 0 Å². The SMILES string of the molecule is CC1CCC(N)C(CN2CC(C)CCC2C)C1. The van der Waals surface area contributed by atoms with Gasteiger partial charge in [0.25, 0.3) is 0 Å². The highest BCUT2D eigenvalue weighted by Crippen LogP contribution is 2.30. The van der Waals surface area contributed by atoms with Gasteiger partial charge in [-0.2, -0.15) is 0 Å². The molecule has 1 heterocycles. The lowest BCUT2D eigenvalue weighted by Crippen LogP contribution is -2.48. The summed E-state index contributed by atoms with van der Waals surface area (Å²) in [6, 6.07) is 1.23. The number of hydrogen-bond donors (Lipinski definition) is 1. The molecule has 17 heavy (non-hydrogen) atoms. The minimum atomic E-state index is 0.454. The van der Waals surface area contributed by atoms with E-state index in [9.17, 15) is 0 Å². The van der Waals surface area contributed by atoms with Gasteiger partial charge in [-0.1, -0.05) is 13.8 Å². The Balaban J connectivity index is 1.89. The van der Waals surface area contributed by atoms with Crippen LogP contribution in [0.5, 0.6) is 0 Å². The standard InChI is InChI=1S/C15H30N2/c1-11-5-7-15(16)14(8-11)10-17-9-12(2)4-6-13(17)3/h11-15H,4-10,16H2,1-3H3. The molecule has 1 saturated carbocycles. The van der Waals surface area contributed by atoms with E-state index in [1.165, 1.54) is 45.2 Å². The van der Waals surface area contributed by atoms with Crippen molar-refractivity contribution >= 4 is 0 Å². The van der Waals surface area contributed by atoms with Crippen LogP contribution >= 0.6 is 0 Å². The number of nitrogens with two attached hydrogens (primary N) is 1. The van der Waals surface area contributed by atoms with Crippen molar-refractivity contribution in [2.45, 2.75) is 65.0 Å². The van der Waals surface area contributed by atoms with E-state index in [2.05, 4.69) is 25.7 Å². The van der Waals surface area contributed by atoms with Crippen molar-refractivity contribution in [1.29, 1.82) is 0 Å². The van der Waals surface area contributed by atoms with E-state index in [0.29, 0.717) is 6.04 Å². The number of hydrogen-bond acceptors (Lipinski definition) is 2. The van der Waals surface area contributed by atoms with Gasteiger partial charge in [-0.05, 0) is 56.8 Å². The summed E-state index contributed by atoms with van der Waals surface area (Å²) in [5, 5.41) is 0. The van der Waals surface area contributed by atoms with Crippen molar-refractivity contribution in [2.75, 3.05) is 13.1 Å². The summed E-state index contributed by atoms with van der Waals surface area (Å²) in [6.07, 6.45) is 6.70. The molecule has 1 aliphatic heterocycles. The predicted octanol–water partition coefficient (Wildman–Crippen LogP) is 2.87. The van der Waals surface area contributed by atoms with Gasteiger partial charge in [-0.15, -0.1) is 0 Å². The third kappa shape index (κ3) is 3.45. The van der Waals surface area contributed by atoms with Gasteiger partial charge >= 0.3 is 0 Å². The molecule has 0 aromatic carbocycles. The first-order valence-electron chi connectivity index (χ1n) is 7.56. The number of nitrogens with zero attached hydrogens (tertiary/aromatic N) is 1. The Morgan fingerprint density at radius 3 is 2.47 bits per heavy atom. The summed E-state index contributed by atoms with van der Waals surface area (Å²) >= 11 is 0. The zero-order valence-corrected chi connectivity index (χ0v) is 11.9. The molecule has 1 aliphatic carbocycles. The molecule has 0 spiro atoms. The van der Waals surface area contributed by atoms with E-state index in [-0.39, 0.29) is 0 Å². The highest BCUT2D eigenvalue weighted by atomic mass is 15.2. The fourth-order valence-corrected chi connectivity index (χ4v) is 3.67. The average Bonchev–Trinajstić information content (AvgIpc) is 2.28. The normalized spacial score (nSPS) is 44.8. The lowest BCUT2D eigenvalue weighted by atomic mass is 9.78. The molecule has 100 valence electrons. The van der Waals surface area contributed by atoms with Crippen molar-refractivity contribution in [2.24, 2.45) is 23.5 Å². The van der Waals surface area contributed by atoms with Gasteiger partial charge in [0.15, 0.2) is 0 Å². The first kappa shape index (κ1) is 13.4. The zero-order valence-electron chi connectivity index (χ0n) is 11.9. The molecule has 2 aliphatic rings. The smallest absolute Gasteiger partial charge is 0.00795 e. The Morgan fingerprint density at radius 1 is 1.00 bits per heavy atom. The van der Waals surface area contributed by atoms with Gasteiger partial charge in [0.05, 0.1) is 0 Å². The van der Waals surface area contributed by atoms with Crippen molar-refractivity contribution in [3.05, 3.63) is 0 Å². The van der Waals surface area contributed by atoms with Crippen LogP contribution in [0.25, 0.3) is 0 Å². The average molecular weight is 238 g/mol. The Bertz CT molecular complexity index is 217. The second-order valence-electron chi connectivity index (χ2n) is 6.83. The van der Waals surface area contributed by atoms with Gasteiger partial charge < -0.3 is 10.6 Å². The molecule has 0 amide bonds. The Hall–Kier alpha value is -0.0800. The molecule has 5 unspecified atom stereocenters. The van der Waals surface area contributed by atoms with E-state index in [0.717, 1.165) is 23.8 Å². The van der Waals surface area contributed by atoms with Gasteiger partial charge in [0, 0.05) is 25.2 Å². The number of piperidine rings is 1. The highest BCUT2D eigenvalue weighted by Gasteiger charge is 2.30. The van der Waals surface area contributed by atoms with Crippen LogP contribution in [-0.4, -0.2) is 30.1 Å². The van der Waals surface area contributed by atoms with Crippen LogP contribution in [0.2, 0.25) is 0 Å². The molecule has 0 radical (unpaired) electrons. The number of likely N-dealkylation sites (tertiary alicyclic amines) is 1. The third-order valence-corrected chi connectivity index (χ3v) is 5.02. The van der Waals surface area contributed by atoms with Crippen LogP contribution in [0.4, 0.5) is 0 Å². The van der Waals surface area contributed by atoms with E-state index in [4.69, 9.17) is 5.73 Å².